The Hall–Kier alpha value is -3.57. The zero-order valence-electron chi connectivity index (χ0n) is 13.3. The first-order valence-electron chi connectivity index (χ1n) is 7.61. The van der Waals surface area contributed by atoms with Gasteiger partial charge in [0.15, 0.2) is 5.65 Å². The Morgan fingerprint density at radius 1 is 0.962 bits per heavy atom. The Labute approximate surface area is 149 Å². The van der Waals surface area contributed by atoms with Crippen LogP contribution in [0.3, 0.4) is 0 Å². The highest BCUT2D eigenvalue weighted by molar-refractivity contribution is 7.90. The quantitative estimate of drug-likeness (QED) is 0.556. The molecule has 7 nitrogen and oxygen atoms in total. The predicted octanol–water partition coefficient (Wildman–Crippen LogP) is 2.60. The van der Waals surface area contributed by atoms with Gasteiger partial charge in [-0.15, -0.1) is 0 Å². The third-order valence-corrected chi connectivity index (χ3v) is 5.53. The molecule has 1 aromatic carbocycles. The van der Waals surface area contributed by atoms with Crippen molar-refractivity contribution in [3.63, 3.8) is 0 Å². The Kier molecular flexibility index (Phi) is 3.71. The van der Waals surface area contributed by atoms with Crippen molar-refractivity contribution in [2.45, 2.75) is 4.90 Å². The monoisotopic (exact) mass is 361 g/mol. The van der Waals surface area contributed by atoms with E-state index in [1.54, 1.807) is 36.4 Å². The highest BCUT2D eigenvalue weighted by atomic mass is 32.2. The van der Waals surface area contributed by atoms with Gasteiger partial charge in [-0.05, 0) is 30.3 Å². The molecule has 0 spiro atoms. The first-order valence-corrected chi connectivity index (χ1v) is 9.05. The molecule has 0 atom stereocenters. The van der Waals surface area contributed by atoms with Gasteiger partial charge in [0.25, 0.3) is 10.0 Å². The highest BCUT2D eigenvalue weighted by Gasteiger charge is 2.22. The second kappa shape index (κ2) is 6.06. The third-order valence-electron chi connectivity index (χ3n) is 3.86. The summed E-state index contributed by atoms with van der Waals surface area (Å²) in [5.74, 6) is 0.0122. The molecule has 0 saturated heterocycles. The molecule has 8 heteroatoms. The lowest BCUT2D eigenvalue weighted by molar-refractivity contribution is 0.589. The summed E-state index contributed by atoms with van der Waals surface area (Å²) in [7, 11) is -3.82. The normalized spacial score (nSPS) is 11.3. The van der Waals surface area contributed by atoms with Gasteiger partial charge in [-0.2, -0.15) is 5.26 Å². The van der Waals surface area contributed by atoms with E-state index in [1.165, 1.54) is 30.7 Å². The molecule has 3 heterocycles. The molecular weight excluding hydrogens is 350 g/mol. The van der Waals surface area contributed by atoms with E-state index in [1.807, 2.05) is 6.07 Å². The first kappa shape index (κ1) is 15.9. The topological polar surface area (TPSA) is 102 Å². The van der Waals surface area contributed by atoms with Crippen molar-refractivity contribution in [3.8, 4) is 17.3 Å². The van der Waals surface area contributed by atoms with Gasteiger partial charge in [-0.3, -0.25) is 0 Å². The zero-order chi connectivity index (χ0) is 18.1. The number of nitrogens with zero attached hydrogens (tertiary/aromatic N) is 5. The van der Waals surface area contributed by atoms with E-state index in [9.17, 15) is 8.42 Å². The summed E-state index contributed by atoms with van der Waals surface area (Å²) >= 11 is 0. The number of fused-ring (bicyclic) bond motifs is 1. The second-order valence-corrected chi connectivity index (χ2v) is 7.22. The first-order chi connectivity index (χ1) is 12.6. The van der Waals surface area contributed by atoms with E-state index in [0.717, 1.165) is 3.97 Å². The lowest BCUT2D eigenvalue weighted by Gasteiger charge is -2.06. The van der Waals surface area contributed by atoms with Gasteiger partial charge >= 0.3 is 0 Å². The number of pyridine rings is 1. The van der Waals surface area contributed by atoms with Crippen LogP contribution < -0.4 is 0 Å². The Morgan fingerprint density at radius 3 is 2.54 bits per heavy atom. The van der Waals surface area contributed by atoms with Crippen molar-refractivity contribution in [2.75, 3.05) is 0 Å². The SMILES string of the molecule is N#Cc1nccc(-c2cn(S(=O)(=O)c3ccccc3)c3ncccc23)n1. The standard InChI is InChI=1S/C18H11N5O2S/c19-11-17-20-10-8-16(22-17)15-12-23(18-14(15)7-4-9-21-18)26(24,25)13-5-2-1-3-6-13/h1-10,12H. The summed E-state index contributed by atoms with van der Waals surface area (Å²) in [6.07, 6.45) is 4.47. The Morgan fingerprint density at radius 2 is 1.77 bits per heavy atom. The number of aromatic nitrogens is 4. The van der Waals surface area contributed by atoms with Crippen LogP contribution in [0.25, 0.3) is 22.3 Å². The van der Waals surface area contributed by atoms with Crippen molar-refractivity contribution >= 4 is 21.1 Å². The maximum atomic E-state index is 13.1. The number of nitriles is 1. The van der Waals surface area contributed by atoms with Gasteiger partial charge in [-0.1, -0.05) is 18.2 Å². The van der Waals surface area contributed by atoms with Crippen LogP contribution in [0.5, 0.6) is 0 Å². The van der Waals surface area contributed by atoms with Crippen molar-refractivity contribution in [1.82, 2.24) is 18.9 Å². The fourth-order valence-corrected chi connectivity index (χ4v) is 4.03. The molecule has 126 valence electrons. The predicted molar refractivity (Wildman–Crippen MR) is 94.5 cm³/mol. The van der Waals surface area contributed by atoms with Crippen LogP contribution in [0, 0.1) is 11.3 Å². The van der Waals surface area contributed by atoms with Crippen LogP contribution in [0.4, 0.5) is 0 Å². The minimum atomic E-state index is -3.82. The van der Waals surface area contributed by atoms with Crippen LogP contribution in [-0.4, -0.2) is 27.3 Å². The van der Waals surface area contributed by atoms with Gasteiger partial charge in [0.2, 0.25) is 5.82 Å². The number of hydrogen-bond donors (Lipinski definition) is 0. The largest absolute Gasteiger partial charge is 0.269 e. The minimum Gasteiger partial charge on any atom is -0.237 e. The molecule has 4 rings (SSSR count). The minimum absolute atomic E-state index is 0.0122. The fourth-order valence-electron chi connectivity index (χ4n) is 2.69. The summed E-state index contributed by atoms with van der Waals surface area (Å²) in [6.45, 7) is 0. The molecule has 0 radical (unpaired) electrons. The van der Waals surface area contributed by atoms with Crippen LogP contribution >= 0.6 is 0 Å². The molecule has 4 aromatic rings. The van der Waals surface area contributed by atoms with Gasteiger partial charge < -0.3 is 0 Å². The van der Waals surface area contributed by atoms with Crippen LogP contribution in [0.1, 0.15) is 5.82 Å². The van der Waals surface area contributed by atoms with Crippen molar-refractivity contribution < 1.29 is 8.42 Å². The van der Waals surface area contributed by atoms with E-state index >= 15 is 0 Å². The van der Waals surface area contributed by atoms with Crippen LogP contribution in [-0.2, 0) is 10.0 Å². The molecule has 0 N–H and O–H groups in total. The van der Waals surface area contributed by atoms with E-state index < -0.39 is 10.0 Å². The van der Waals surface area contributed by atoms with Gasteiger partial charge in [-0.25, -0.2) is 27.3 Å². The van der Waals surface area contributed by atoms with E-state index in [0.29, 0.717) is 22.3 Å². The second-order valence-electron chi connectivity index (χ2n) is 5.41. The van der Waals surface area contributed by atoms with Crippen LogP contribution in [0.2, 0.25) is 0 Å². The van der Waals surface area contributed by atoms with Crippen molar-refractivity contribution in [3.05, 3.63) is 72.9 Å². The van der Waals surface area contributed by atoms with Crippen molar-refractivity contribution in [2.24, 2.45) is 0 Å². The molecule has 0 aliphatic rings. The summed E-state index contributed by atoms with van der Waals surface area (Å²) in [4.78, 5) is 12.4. The molecule has 26 heavy (non-hydrogen) atoms. The van der Waals surface area contributed by atoms with E-state index in [4.69, 9.17) is 5.26 Å². The molecule has 0 saturated carbocycles. The highest BCUT2D eigenvalue weighted by Crippen LogP contribution is 2.30. The average molecular weight is 361 g/mol. The maximum absolute atomic E-state index is 13.1. The summed E-state index contributed by atoms with van der Waals surface area (Å²) < 4.78 is 27.2. The lowest BCUT2D eigenvalue weighted by Crippen LogP contribution is -2.12. The summed E-state index contributed by atoms with van der Waals surface area (Å²) in [5.41, 5.74) is 1.31. The number of rotatable bonds is 3. The Bertz CT molecular complexity index is 1260. The molecule has 0 unspecified atom stereocenters. The molecule has 0 aliphatic carbocycles. The molecule has 0 aliphatic heterocycles. The molecule has 0 bridgehead atoms. The van der Waals surface area contributed by atoms with E-state index in [-0.39, 0.29) is 10.7 Å². The number of benzene rings is 1. The van der Waals surface area contributed by atoms with E-state index in [2.05, 4.69) is 15.0 Å². The maximum Gasteiger partial charge on any atom is 0.269 e. The molecule has 3 aromatic heterocycles. The molecule has 0 amide bonds. The van der Waals surface area contributed by atoms with Gasteiger partial charge in [0.05, 0.1) is 10.6 Å². The van der Waals surface area contributed by atoms with Crippen LogP contribution in [0.15, 0.2) is 72.0 Å². The zero-order valence-corrected chi connectivity index (χ0v) is 14.1. The third kappa shape index (κ3) is 2.51. The van der Waals surface area contributed by atoms with Crippen molar-refractivity contribution in [1.29, 1.82) is 5.26 Å². The summed E-state index contributed by atoms with van der Waals surface area (Å²) in [6, 6.07) is 15.1. The smallest absolute Gasteiger partial charge is 0.237 e. The van der Waals surface area contributed by atoms with Gasteiger partial charge in [0.1, 0.15) is 6.07 Å². The molecular formula is C18H11N5O2S. The molecule has 0 fully saturated rings. The Balaban J connectivity index is 2.00. The average Bonchev–Trinajstić information content (AvgIpc) is 3.09. The fraction of sp³-hybridized carbons (Fsp3) is 0. The van der Waals surface area contributed by atoms with Gasteiger partial charge in [0, 0.05) is 29.5 Å². The summed E-state index contributed by atoms with van der Waals surface area (Å²) in [5, 5.41) is 9.64. The number of hydrogen-bond acceptors (Lipinski definition) is 6. The lowest BCUT2D eigenvalue weighted by atomic mass is 10.1.